The largest absolute Gasteiger partial charge is 0.309 e. The molecule has 1 amide bonds. The van der Waals surface area contributed by atoms with Crippen LogP contribution in [-0.4, -0.2) is 39.1 Å². The minimum Gasteiger partial charge on any atom is -0.309 e. The maximum Gasteiger partial charge on any atom is 0.229 e. The van der Waals surface area contributed by atoms with Gasteiger partial charge in [0.25, 0.3) is 0 Å². The maximum atomic E-state index is 12.9. The quantitative estimate of drug-likeness (QED) is 0.714. The Kier molecular flexibility index (Phi) is 5.48. The van der Waals surface area contributed by atoms with Gasteiger partial charge in [0.2, 0.25) is 5.91 Å². The third-order valence-electron chi connectivity index (χ3n) is 5.35. The Balaban J connectivity index is 1.40. The molecule has 1 unspecified atom stereocenters. The van der Waals surface area contributed by atoms with Crippen LogP contribution in [0.15, 0.2) is 54.9 Å². The van der Waals surface area contributed by atoms with Crippen molar-refractivity contribution in [3.63, 3.8) is 0 Å². The molecule has 4 rings (SSSR count). The van der Waals surface area contributed by atoms with Crippen molar-refractivity contribution in [2.24, 2.45) is 5.92 Å². The maximum absolute atomic E-state index is 12.9. The zero-order chi connectivity index (χ0) is 19.3. The first-order chi connectivity index (χ1) is 13.7. The van der Waals surface area contributed by atoms with Crippen LogP contribution in [0.3, 0.4) is 0 Å². The van der Waals surface area contributed by atoms with E-state index >= 15 is 0 Å². The number of benzene rings is 1. The molecule has 1 aliphatic heterocycles. The zero-order valence-corrected chi connectivity index (χ0v) is 16.1. The van der Waals surface area contributed by atoms with Gasteiger partial charge in [-0.1, -0.05) is 30.3 Å². The number of nitrogens with zero attached hydrogens (tertiary/aromatic N) is 3. The van der Waals surface area contributed by atoms with Gasteiger partial charge >= 0.3 is 0 Å². The predicted octanol–water partition coefficient (Wildman–Crippen LogP) is 3.63. The molecule has 3 heterocycles. The molecule has 3 aromatic rings. The van der Waals surface area contributed by atoms with Gasteiger partial charge in [-0.25, -0.2) is 0 Å². The van der Waals surface area contributed by atoms with Gasteiger partial charge < -0.3 is 5.32 Å². The molecule has 6 nitrogen and oxygen atoms in total. The lowest BCUT2D eigenvalue weighted by atomic mass is 9.96. The van der Waals surface area contributed by atoms with E-state index in [4.69, 9.17) is 0 Å². The lowest BCUT2D eigenvalue weighted by molar-refractivity contribution is -0.121. The number of pyridine rings is 1. The van der Waals surface area contributed by atoms with Crippen LogP contribution >= 0.6 is 0 Å². The first kappa shape index (κ1) is 18.4. The molecule has 1 aromatic carbocycles. The highest BCUT2D eigenvalue weighted by Crippen LogP contribution is 2.26. The Morgan fingerprint density at radius 3 is 2.79 bits per heavy atom. The van der Waals surface area contributed by atoms with Gasteiger partial charge in [-0.3, -0.25) is 19.8 Å². The average Bonchev–Trinajstić information content (AvgIpc) is 3.10. The molecular weight excluding hydrogens is 350 g/mol. The van der Waals surface area contributed by atoms with E-state index in [1.807, 2.05) is 25.1 Å². The Labute approximate surface area is 165 Å². The number of aromatic amines is 1. The lowest BCUT2D eigenvalue weighted by Gasteiger charge is -2.31. The Bertz CT molecular complexity index is 923. The van der Waals surface area contributed by atoms with Crippen LogP contribution < -0.4 is 5.32 Å². The molecule has 1 fully saturated rings. The number of carbonyl (C=O) groups excluding carboxylic acids is 1. The first-order valence-corrected chi connectivity index (χ1v) is 9.73. The van der Waals surface area contributed by atoms with E-state index in [0.29, 0.717) is 5.82 Å². The van der Waals surface area contributed by atoms with E-state index in [-0.39, 0.29) is 11.8 Å². The summed E-state index contributed by atoms with van der Waals surface area (Å²) >= 11 is 0. The summed E-state index contributed by atoms with van der Waals surface area (Å²) in [5.74, 6) is 0.642. The van der Waals surface area contributed by atoms with Gasteiger partial charge in [-0.15, -0.1) is 0 Å². The third kappa shape index (κ3) is 4.12. The molecule has 0 spiro atoms. The number of amides is 1. The number of hydrogen-bond donors (Lipinski definition) is 2. The van der Waals surface area contributed by atoms with Crippen LogP contribution in [0, 0.1) is 12.8 Å². The molecule has 2 N–H and O–H groups in total. The van der Waals surface area contributed by atoms with E-state index in [2.05, 4.69) is 49.7 Å². The molecule has 1 saturated heterocycles. The summed E-state index contributed by atoms with van der Waals surface area (Å²) in [5.41, 5.74) is 4.14. The third-order valence-corrected chi connectivity index (χ3v) is 5.35. The number of piperidine rings is 1. The molecule has 2 aromatic heterocycles. The minimum atomic E-state index is -0.0158. The first-order valence-electron chi connectivity index (χ1n) is 9.73. The Hall–Kier alpha value is -2.99. The minimum absolute atomic E-state index is 0.0158. The second-order valence-electron chi connectivity index (χ2n) is 7.36. The fraction of sp³-hybridized carbons (Fsp3) is 0.318. The van der Waals surface area contributed by atoms with E-state index in [1.54, 1.807) is 12.4 Å². The molecule has 6 heteroatoms. The second-order valence-corrected chi connectivity index (χ2v) is 7.36. The summed E-state index contributed by atoms with van der Waals surface area (Å²) in [5, 5.41) is 10.4. The topological polar surface area (TPSA) is 73.9 Å². The SMILES string of the molecule is Cc1c(NC(=O)C2CCCN(Cc3ccccc3)C2)n[nH]c1-c1ccncc1. The molecule has 144 valence electrons. The van der Waals surface area contributed by atoms with Crippen LogP contribution in [0.25, 0.3) is 11.3 Å². The van der Waals surface area contributed by atoms with Crippen molar-refractivity contribution in [1.29, 1.82) is 0 Å². The Morgan fingerprint density at radius 2 is 2.00 bits per heavy atom. The summed E-state index contributed by atoms with van der Waals surface area (Å²) in [4.78, 5) is 19.3. The Morgan fingerprint density at radius 1 is 1.21 bits per heavy atom. The molecule has 1 atom stereocenters. The smallest absolute Gasteiger partial charge is 0.229 e. The van der Waals surface area contributed by atoms with Crippen LogP contribution in [0.2, 0.25) is 0 Å². The standard InChI is InChI=1S/C22H25N5O/c1-16-20(18-9-11-23-12-10-18)25-26-21(16)24-22(28)19-8-5-13-27(15-19)14-17-6-3-2-4-7-17/h2-4,6-7,9-12,19H,5,8,13-15H2,1H3,(H2,24,25,26,28). The fourth-order valence-electron chi connectivity index (χ4n) is 3.79. The number of carbonyl (C=O) groups is 1. The van der Waals surface area contributed by atoms with Gasteiger partial charge in [-0.05, 0) is 44.0 Å². The van der Waals surface area contributed by atoms with Crippen molar-refractivity contribution in [2.45, 2.75) is 26.3 Å². The molecule has 0 bridgehead atoms. The number of hydrogen-bond acceptors (Lipinski definition) is 4. The fourth-order valence-corrected chi connectivity index (χ4v) is 3.79. The summed E-state index contributed by atoms with van der Waals surface area (Å²) in [6.07, 6.45) is 5.44. The van der Waals surface area contributed by atoms with E-state index < -0.39 is 0 Å². The average molecular weight is 375 g/mol. The van der Waals surface area contributed by atoms with Crippen LogP contribution in [0.4, 0.5) is 5.82 Å². The van der Waals surface area contributed by atoms with Gasteiger partial charge in [0.05, 0.1) is 11.6 Å². The number of rotatable bonds is 5. The number of aromatic nitrogens is 3. The van der Waals surface area contributed by atoms with Crippen molar-refractivity contribution in [1.82, 2.24) is 20.1 Å². The van der Waals surface area contributed by atoms with Gasteiger partial charge in [-0.2, -0.15) is 5.10 Å². The lowest BCUT2D eigenvalue weighted by Crippen LogP contribution is -2.40. The van der Waals surface area contributed by atoms with E-state index in [1.165, 1.54) is 5.56 Å². The van der Waals surface area contributed by atoms with Crippen LogP contribution in [-0.2, 0) is 11.3 Å². The number of anilines is 1. The molecule has 0 aliphatic carbocycles. The summed E-state index contributed by atoms with van der Waals surface area (Å²) in [7, 11) is 0. The highest BCUT2D eigenvalue weighted by atomic mass is 16.2. The van der Waals surface area contributed by atoms with Gasteiger partial charge in [0, 0.05) is 36.6 Å². The molecule has 0 radical (unpaired) electrons. The zero-order valence-electron chi connectivity index (χ0n) is 16.1. The second kappa shape index (κ2) is 8.35. The van der Waals surface area contributed by atoms with Crippen molar-refractivity contribution in [3.8, 4) is 11.3 Å². The van der Waals surface area contributed by atoms with Crippen molar-refractivity contribution < 1.29 is 4.79 Å². The predicted molar refractivity (Wildman–Crippen MR) is 110 cm³/mol. The van der Waals surface area contributed by atoms with Crippen molar-refractivity contribution in [2.75, 3.05) is 18.4 Å². The van der Waals surface area contributed by atoms with Gasteiger partial charge in [0.1, 0.15) is 0 Å². The molecule has 1 aliphatic rings. The normalized spacial score (nSPS) is 17.4. The summed E-state index contributed by atoms with van der Waals surface area (Å²) < 4.78 is 0. The monoisotopic (exact) mass is 375 g/mol. The van der Waals surface area contributed by atoms with Crippen LogP contribution in [0.5, 0.6) is 0 Å². The molecule has 28 heavy (non-hydrogen) atoms. The molecular formula is C22H25N5O. The van der Waals surface area contributed by atoms with E-state index in [0.717, 1.165) is 49.3 Å². The highest BCUT2D eigenvalue weighted by Gasteiger charge is 2.27. The summed E-state index contributed by atoms with van der Waals surface area (Å²) in [6.45, 7) is 4.67. The summed E-state index contributed by atoms with van der Waals surface area (Å²) in [6, 6.07) is 14.3. The van der Waals surface area contributed by atoms with E-state index in [9.17, 15) is 4.79 Å². The number of nitrogens with one attached hydrogen (secondary N) is 2. The van der Waals surface area contributed by atoms with Crippen molar-refractivity contribution in [3.05, 3.63) is 66.0 Å². The van der Waals surface area contributed by atoms with Crippen LogP contribution in [0.1, 0.15) is 24.0 Å². The highest BCUT2D eigenvalue weighted by molar-refractivity contribution is 5.93. The van der Waals surface area contributed by atoms with Crippen molar-refractivity contribution >= 4 is 11.7 Å². The molecule has 0 saturated carbocycles. The number of H-pyrrole nitrogens is 1. The number of likely N-dealkylation sites (tertiary alicyclic amines) is 1. The van der Waals surface area contributed by atoms with Gasteiger partial charge in [0.15, 0.2) is 5.82 Å².